The van der Waals surface area contributed by atoms with Gasteiger partial charge < -0.3 is 15.2 Å². The van der Waals surface area contributed by atoms with E-state index in [2.05, 4.69) is 10.3 Å². The average molecular weight is 425 g/mol. The molecule has 0 saturated heterocycles. The van der Waals surface area contributed by atoms with E-state index in [-0.39, 0.29) is 5.91 Å². The molecule has 4 rings (SSSR count). The van der Waals surface area contributed by atoms with Gasteiger partial charge in [0, 0.05) is 12.4 Å². The number of benzene rings is 3. The summed E-state index contributed by atoms with van der Waals surface area (Å²) in [5.74, 6) is 0.129. The molecule has 0 radical (unpaired) electrons. The van der Waals surface area contributed by atoms with E-state index in [4.69, 9.17) is 4.74 Å². The van der Waals surface area contributed by atoms with Gasteiger partial charge in [0.15, 0.2) is 0 Å². The standard InChI is InChI=1S/C27H24N2O3/c1-32-24-18-22(19-14-16-28-17-15-19)12-13-23(24)27(31)29-25(20-8-4-2-5-9-20)26(30)21-10-6-3-7-11-21/h2-18,25-26,30H,1H3,(H,29,31)/t25-,26+/m1/s1. The molecule has 0 spiro atoms. The minimum atomic E-state index is -0.912. The van der Waals surface area contributed by atoms with Crippen molar-refractivity contribution in [3.63, 3.8) is 0 Å². The van der Waals surface area contributed by atoms with Gasteiger partial charge in [0.2, 0.25) is 0 Å². The quantitative estimate of drug-likeness (QED) is 0.440. The maximum atomic E-state index is 13.3. The summed E-state index contributed by atoms with van der Waals surface area (Å²) in [5, 5.41) is 14.1. The zero-order valence-electron chi connectivity index (χ0n) is 17.7. The zero-order chi connectivity index (χ0) is 22.3. The number of aliphatic hydroxyl groups is 1. The van der Waals surface area contributed by atoms with E-state index >= 15 is 0 Å². The lowest BCUT2D eigenvalue weighted by Gasteiger charge is -2.25. The molecule has 2 N–H and O–H groups in total. The highest BCUT2D eigenvalue weighted by molar-refractivity contribution is 5.98. The lowest BCUT2D eigenvalue weighted by atomic mass is 9.95. The Bertz CT molecular complexity index is 1170. The van der Waals surface area contributed by atoms with Crippen LogP contribution in [0.25, 0.3) is 11.1 Å². The van der Waals surface area contributed by atoms with Gasteiger partial charge in [0.25, 0.3) is 5.91 Å². The van der Waals surface area contributed by atoms with E-state index in [1.54, 1.807) is 18.5 Å². The van der Waals surface area contributed by atoms with Crippen LogP contribution in [0.15, 0.2) is 103 Å². The molecule has 3 aromatic carbocycles. The Morgan fingerprint density at radius 1 is 0.844 bits per heavy atom. The molecule has 32 heavy (non-hydrogen) atoms. The first-order chi connectivity index (χ1) is 15.7. The van der Waals surface area contributed by atoms with E-state index in [9.17, 15) is 9.90 Å². The van der Waals surface area contributed by atoms with E-state index in [0.717, 1.165) is 22.3 Å². The van der Waals surface area contributed by atoms with Crippen molar-refractivity contribution in [2.75, 3.05) is 7.11 Å². The van der Waals surface area contributed by atoms with E-state index in [0.29, 0.717) is 11.3 Å². The molecule has 5 nitrogen and oxygen atoms in total. The van der Waals surface area contributed by atoms with E-state index in [1.165, 1.54) is 7.11 Å². The maximum absolute atomic E-state index is 13.3. The number of carbonyl (C=O) groups is 1. The second kappa shape index (κ2) is 9.90. The van der Waals surface area contributed by atoms with Crippen molar-refractivity contribution in [3.8, 4) is 16.9 Å². The summed E-state index contributed by atoms with van der Waals surface area (Å²) in [5.41, 5.74) is 3.83. The number of amides is 1. The molecule has 5 heteroatoms. The summed E-state index contributed by atoms with van der Waals surface area (Å²) < 4.78 is 5.52. The molecule has 1 aromatic heterocycles. The predicted octanol–water partition coefficient (Wildman–Crippen LogP) is 4.96. The molecular weight excluding hydrogens is 400 g/mol. The number of aliphatic hydroxyl groups excluding tert-OH is 1. The third-order valence-electron chi connectivity index (χ3n) is 5.36. The van der Waals surface area contributed by atoms with Crippen molar-refractivity contribution in [2.45, 2.75) is 12.1 Å². The Morgan fingerprint density at radius 3 is 2.09 bits per heavy atom. The van der Waals surface area contributed by atoms with Crippen LogP contribution in [-0.2, 0) is 0 Å². The Labute approximate surface area is 187 Å². The van der Waals surface area contributed by atoms with E-state index < -0.39 is 12.1 Å². The van der Waals surface area contributed by atoms with Gasteiger partial charge in [-0.25, -0.2) is 0 Å². The van der Waals surface area contributed by atoms with Crippen LogP contribution in [-0.4, -0.2) is 23.1 Å². The molecule has 0 aliphatic carbocycles. The Balaban J connectivity index is 1.65. The van der Waals surface area contributed by atoms with Crippen LogP contribution in [0.5, 0.6) is 5.75 Å². The molecular formula is C27H24N2O3. The highest BCUT2D eigenvalue weighted by Gasteiger charge is 2.26. The molecule has 0 aliphatic rings. The summed E-state index contributed by atoms with van der Waals surface area (Å²) in [6, 6.07) is 27.4. The molecule has 0 unspecified atom stereocenters. The largest absolute Gasteiger partial charge is 0.496 e. The van der Waals surface area contributed by atoms with Gasteiger partial charge in [-0.15, -0.1) is 0 Å². The molecule has 4 aromatic rings. The van der Waals surface area contributed by atoms with Crippen LogP contribution < -0.4 is 10.1 Å². The number of pyridine rings is 1. The molecule has 2 atom stereocenters. The zero-order valence-corrected chi connectivity index (χ0v) is 17.7. The monoisotopic (exact) mass is 424 g/mol. The number of hydrogen-bond acceptors (Lipinski definition) is 4. The number of methoxy groups -OCH3 is 1. The second-order valence-electron chi connectivity index (χ2n) is 7.37. The van der Waals surface area contributed by atoms with Crippen LogP contribution in [0.3, 0.4) is 0 Å². The Hall–Kier alpha value is -3.96. The first-order valence-corrected chi connectivity index (χ1v) is 10.3. The first-order valence-electron chi connectivity index (χ1n) is 10.3. The minimum Gasteiger partial charge on any atom is -0.496 e. The minimum absolute atomic E-state index is 0.327. The van der Waals surface area contributed by atoms with Crippen LogP contribution in [0.4, 0.5) is 0 Å². The van der Waals surface area contributed by atoms with Crippen LogP contribution in [0, 0.1) is 0 Å². The van der Waals surface area contributed by atoms with E-state index in [1.807, 2.05) is 84.9 Å². The fourth-order valence-electron chi connectivity index (χ4n) is 3.67. The molecule has 0 aliphatic heterocycles. The molecule has 0 bridgehead atoms. The third-order valence-corrected chi connectivity index (χ3v) is 5.36. The smallest absolute Gasteiger partial charge is 0.255 e. The highest BCUT2D eigenvalue weighted by Crippen LogP contribution is 2.31. The number of aromatic nitrogens is 1. The summed E-state index contributed by atoms with van der Waals surface area (Å²) in [6.45, 7) is 0. The third kappa shape index (κ3) is 4.68. The van der Waals surface area contributed by atoms with Gasteiger partial charge in [-0.1, -0.05) is 66.7 Å². The van der Waals surface area contributed by atoms with Crippen molar-refractivity contribution >= 4 is 5.91 Å². The first kappa shape index (κ1) is 21.3. The predicted molar refractivity (Wildman–Crippen MR) is 124 cm³/mol. The van der Waals surface area contributed by atoms with Crippen molar-refractivity contribution in [1.29, 1.82) is 0 Å². The number of ether oxygens (including phenoxy) is 1. The van der Waals surface area contributed by atoms with Gasteiger partial charge in [-0.3, -0.25) is 9.78 Å². The van der Waals surface area contributed by atoms with Crippen molar-refractivity contribution in [2.24, 2.45) is 0 Å². The van der Waals surface area contributed by atoms with Gasteiger partial charge in [0.05, 0.1) is 18.7 Å². The number of nitrogens with one attached hydrogen (secondary N) is 1. The van der Waals surface area contributed by atoms with Crippen LogP contribution in [0.2, 0.25) is 0 Å². The summed E-state index contributed by atoms with van der Waals surface area (Å²) in [6.07, 6.45) is 2.53. The summed E-state index contributed by atoms with van der Waals surface area (Å²) in [4.78, 5) is 17.3. The highest BCUT2D eigenvalue weighted by atomic mass is 16.5. The van der Waals surface area contributed by atoms with Gasteiger partial charge >= 0.3 is 0 Å². The van der Waals surface area contributed by atoms with Crippen LogP contribution in [0.1, 0.15) is 33.6 Å². The fourth-order valence-corrected chi connectivity index (χ4v) is 3.67. The van der Waals surface area contributed by atoms with Gasteiger partial charge in [-0.2, -0.15) is 0 Å². The summed E-state index contributed by atoms with van der Waals surface area (Å²) >= 11 is 0. The number of rotatable bonds is 7. The lowest BCUT2D eigenvalue weighted by Crippen LogP contribution is -2.33. The Kier molecular flexibility index (Phi) is 6.58. The second-order valence-corrected chi connectivity index (χ2v) is 7.37. The molecule has 1 amide bonds. The molecule has 0 saturated carbocycles. The average Bonchev–Trinajstić information content (AvgIpc) is 2.88. The maximum Gasteiger partial charge on any atom is 0.255 e. The number of hydrogen-bond donors (Lipinski definition) is 2. The Morgan fingerprint density at radius 2 is 1.47 bits per heavy atom. The van der Waals surface area contributed by atoms with Crippen molar-refractivity contribution in [3.05, 3.63) is 120 Å². The normalized spacial score (nSPS) is 12.6. The molecule has 160 valence electrons. The number of carbonyl (C=O) groups excluding carboxylic acids is 1. The molecule has 1 heterocycles. The van der Waals surface area contributed by atoms with Crippen molar-refractivity contribution < 1.29 is 14.6 Å². The molecule has 0 fully saturated rings. The van der Waals surface area contributed by atoms with Crippen LogP contribution >= 0.6 is 0 Å². The SMILES string of the molecule is COc1cc(-c2ccncc2)ccc1C(=O)N[C@H](c1ccccc1)[C@@H](O)c1ccccc1. The lowest BCUT2D eigenvalue weighted by molar-refractivity contribution is 0.0828. The fraction of sp³-hybridized carbons (Fsp3) is 0.111. The summed E-state index contributed by atoms with van der Waals surface area (Å²) in [7, 11) is 1.54. The topological polar surface area (TPSA) is 71.5 Å². The van der Waals surface area contributed by atoms with Gasteiger partial charge in [-0.05, 0) is 46.5 Å². The number of nitrogens with zero attached hydrogens (tertiary/aromatic N) is 1. The van der Waals surface area contributed by atoms with Crippen molar-refractivity contribution in [1.82, 2.24) is 10.3 Å². The van der Waals surface area contributed by atoms with Gasteiger partial charge in [0.1, 0.15) is 11.9 Å².